The highest BCUT2D eigenvalue weighted by Gasteiger charge is 2.23. The zero-order valence-electron chi connectivity index (χ0n) is 19.8. The van der Waals surface area contributed by atoms with Gasteiger partial charge in [0.1, 0.15) is 23.1 Å². The number of piperazine rings is 1. The first-order chi connectivity index (χ1) is 16.3. The van der Waals surface area contributed by atoms with Crippen molar-refractivity contribution in [1.29, 1.82) is 0 Å². The molecule has 0 unspecified atom stereocenters. The molecule has 1 aliphatic rings. The third-order valence-electron chi connectivity index (χ3n) is 6.08. The maximum atomic E-state index is 15.0. The first-order valence-electron chi connectivity index (χ1n) is 11.3. The summed E-state index contributed by atoms with van der Waals surface area (Å²) in [5.41, 5.74) is 1.59. The summed E-state index contributed by atoms with van der Waals surface area (Å²) < 4.78 is 46.2. The first kappa shape index (κ1) is 24.0. The summed E-state index contributed by atoms with van der Waals surface area (Å²) in [6.07, 6.45) is -3.24. The van der Waals surface area contributed by atoms with Gasteiger partial charge >= 0.3 is 0 Å². The van der Waals surface area contributed by atoms with Gasteiger partial charge in [-0.15, -0.1) is 0 Å². The number of alkyl halides is 2. The Labute approximate surface area is 197 Å². The van der Waals surface area contributed by atoms with Gasteiger partial charge in [0, 0.05) is 38.2 Å². The average Bonchev–Trinajstić information content (AvgIpc) is 2.79. The molecular weight excluding hydrogens is 445 g/mol. The van der Waals surface area contributed by atoms with Crippen LogP contribution < -0.4 is 15.0 Å². The lowest BCUT2D eigenvalue weighted by Crippen LogP contribution is -2.44. The van der Waals surface area contributed by atoms with E-state index in [1.54, 1.807) is 33.1 Å². The highest BCUT2D eigenvalue weighted by Crippen LogP contribution is 2.34. The summed E-state index contributed by atoms with van der Waals surface area (Å²) in [7, 11) is 3.67. The van der Waals surface area contributed by atoms with E-state index in [4.69, 9.17) is 4.74 Å². The van der Waals surface area contributed by atoms with Gasteiger partial charge in [-0.1, -0.05) is 18.2 Å². The molecule has 1 fully saturated rings. The van der Waals surface area contributed by atoms with Crippen molar-refractivity contribution < 1.29 is 17.9 Å². The van der Waals surface area contributed by atoms with Gasteiger partial charge in [0.05, 0.1) is 18.5 Å². The molecule has 34 heavy (non-hydrogen) atoms. The third kappa shape index (κ3) is 5.01. The molecule has 0 aliphatic carbocycles. The molecule has 0 spiro atoms. The molecule has 10 heteroatoms. The molecule has 0 radical (unpaired) electrons. The number of anilines is 2. The number of nitrogens with zero attached hydrogens (tertiary/aromatic N) is 5. The minimum absolute atomic E-state index is 0.00590. The van der Waals surface area contributed by atoms with E-state index >= 15 is 0 Å². The van der Waals surface area contributed by atoms with Crippen LogP contribution in [0.4, 0.5) is 24.7 Å². The second kappa shape index (κ2) is 10.0. The molecular formula is C24H29F3N6O. The van der Waals surface area contributed by atoms with Gasteiger partial charge in [-0.3, -0.25) is 0 Å². The lowest BCUT2D eigenvalue weighted by atomic mass is 10.0. The van der Waals surface area contributed by atoms with Gasteiger partial charge in [-0.05, 0) is 32.5 Å². The quantitative estimate of drug-likeness (QED) is 0.550. The minimum Gasteiger partial charge on any atom is -0.479 e. The van der Waals surface area contributed by atoms with E-state index in [2.05, 4.69) is 37.1 Å². The number of benzene rings is 1. The number of fused-ring (bicyclic) bond motifs is 1. The summed E-state index contributed by atoms with van der Waals surface area (Å²) in [4.78, 5) is 18.1. The van der Waals surface area contributed by atoms with Gasteiger partial charge in [-0.25, -0.2) is 23.1 Å². The number of hydrogen-bond acceptors (Lipinski definition) is 7. The zero-order valence-corrected chi connectivity index (χ0v) is 19.8. The second-order valence-electron chi connectivity index (χ2n) is 8.58. The van der Waals surface area contributed by atoms with Crippen LogP contribution in [0.25, 0.3) is 11.0 Å². The second-order valence-corrected chi connectivity index (χ2v) is 8.58. The number of ether oxygens (including phenoxy) is 1. The van der Waals surface area contributed by atoms with E-state index in [1.807, 2.05) is 6.07 Å². The lowest BCUT2D eigenvalue weighted by molar-refractivity contribution is 0.147. The molecule has 182 valence electrons. The maximum absolute atomic E-state index is 15.0. The van der Waals surface area contributed by atoms with Crippen LogP contribution in [-0.2, 0) is 6.42 Å². The molecule has 1 atom stereocenters. The SMILES string of the molecule is COc1nc2nc(C)nc(N[C@H](C)c3cccc(CC(F)F)c3F)c2cc1N1CCN(C)CC1. The van der Waals surface area contributed by atoms with Crippen molar-refractivity contribution >= 4 is 22.5 Å². The van der Waals surface area contributed by atoms with Crippen molar-refractivity contribution in [1.82, 2.24) is 19.9 Å². The molecule has 0 bridgehead atoms. The van der Waals surface area contributed by atoms with Crippen molar-refractivity contribution in [2.45, 2.75) is 32.7 Å². The van der Waals surface area contributed by atoms with E-state index in [0.717, 1.165) is 31.9 Å². The van der Waals surface area contributed by atoms with Crippen molar-refractivity contribution in [2.75, 3.05) is 50.6 Å². The molecule has 1 aliphatic heterocycles. The maximum Gasteiger partial charge on any atom is 0.242 e. The number of aryl methyl sites for hydroxylation is 1. The van der Waals surface area contributed by atoms with E-state index in [0.29, 0.717) is 34.1 Å². The molecule has 3 aromatic rings. The molecule has 4 rings (SSSR count). The van der Waals surface area contributed by atoms with Crippen molar-refractivity contribution in [3.63, 3.8) is 0 Å². The van der Waals surface area contributed by atoms with Gasteiger partial charge in [0.15, 0.2) is 5.65 Å². The fourth-order valence-electron chi connectivity index (χ4n) is 4.21. The number of hydrogen-bond donors (Lipinski definition) is 1. The molecule has 0 saturated carbocycles. The normalized spacial score (nSPS) is 15.7. The number of aromatic nitrogens is 3. The molecule has 7 nitrogen and oxygen atoms in total. The molecule has 0 amide bonds. The predicted molar refractivity (Wildman–Crippen MR) is 126 cm³/mol. The van der Waals surface area contributed by atoms with Gasteiger partial charge < -0.3 is 19.9 Å². The van der Waals surface area contributed by atoms with Crippen LogP contribution in [0.3, 0.4) is 0 Å². The standard InChI is InChI=1S/C24H29F3N6O/c1-14(17-7-5-6-16(21(17)27)12-20(25)26)28-22-18-13-19(33-10-8-32(3)9-11-33)24(34-4)31-23(18)30-15(2)29-22/h5-7,13-14,20H,8-12H2,1-4H3,(H,28,29,30,31)/t14-/m1/s1. The lowest BCUT2D eigenvalue weighted by Gasteiger charge is -2.34. The van der Waals surface area contributed by atoms with E-state index in [9.17, 15) is 13.2 Å². The smallest absolute Gasteiger partial charge is 0.242 e. The number of likely N-dealkylation sites (N-methyl/N-ethyl adjacent to an activating group) is 1. The predicted octanol–water partition coefficient (Wildman–Crippen LogP) is 4.21. The summed E-state index contributed by atoms with van der Waals surface area (Å²) in [6.45, 7) is 7.01. The Morgan fingerprint density at radius 1 is 1.12 bits per heavy atom. The minimum atomic E-state index is -2.62. The summed E-state index contributed by atoms with van der Waals surface area (Å²) in [6, 6.07) is 6.00. The average molecular weight is 475 g/mol. The first-order valence-corrected chi connectivity index (χ1v) is 11.3. The van der Waals surface area contributed by atoms with E-state index in [1.165, 1.54) is 6.07 Å². The Morgan fingerprint density at radius 3 is 2.53 bits per heavy atom. The van der Waals surface area contributed by atoms with Crippen molar-refractivity contribution in [3.05, 3.63) is 47.0 Å². The van der Waals surface area contributed by atoms with Crippen LogP contribution in [0.2, 0.25) is 0 Å². The third-order valence-corrected chi connectivity index (χ3v) is 6.08. The van der Waals surface area contributed by atoms with E-state index in [-0.39, 0.29) is 5.56 Å². The number of pyridine rings is 1. The van der Waals surface area contributed by atoms with Crippen LogP contribution in [0.5, 0.6) is 5.88 Å². The molecule has 1 aromatic carbocycles. The highest BCUT2D eigenvalue weighted by atomic mass is 19.3. The van der Waals surface area contributed by atoms with Gasteiger partial charge in [-0.2, -0.15) is 4.98 Å². The Hall–Kier alpha value is -3.14. The topological polar surface area (TPSA) is 66.4 Å². The van der Waals surface area contributed by atoms with Crippen LogP contribution in [0, 0.1) is 12.7 Å². The molecule has 1 saturated heterocycles. The van der Waals surface area contributed by atoms with Crippen molar-refractivity contribution in [2.24, 2.45) is 0 Å². The highest BCUT2D eigenvalue weighted by molar-refractivity contribution is 5.90. The Kier molecular flexibility index (Phi) is 7.06. The van der Waals surface area contributed by atoms with Crippen LogP contribution in [0.1, 0.15) is 29.9 Å². The summed E-state index contributed by atoms with van der Waals surface area (Å²) in [5, 5.41) is 3.93. The fourth-order valence-corrected chi connectivity index (χ4v) is 4.21. The van der Waals surface area contributed by atoms with Crippen LogP contribution >= 0.6 is 0 Å². The molecule has 2 aromatic heterocycles. The Bertz CT molecular complexity index is 1170. The number of nitrogens with one attached hydrogen (secondary N) is 1. The van der Waals surface area contributed by atoms with Gasteiger partial charge in [0.25, 0.3) is 0 Å². The monoisotopic (exact) mass is 474 g/mol. The molecule has 3 heterocycles. The van der Waals surface area contributed by atoms with Gasteiger partial charge in [0.2, 0.25) is 12.3 Å². The number of halogens is 3. The summed E-state index contributed by atoms with van der Waals surface area (Å²) >= 11 is 0. The van der Waals surface area contributed by atoms with E-state index < -0.39 is 24.7 Å². The summed E-state index contributed by atoms with van der Waals surface area (Å²) in [5.74, 6) is 0.853. The largest absolute Gasteiger partial charge is 0.479 e. The van der Waals surface area contributed by atoms with Crippen molar-refractivity contribution in [3.8, 4) is 5.88 Å². The number of rotatable bonds is 7. The zero-order chi connectivity index (χ0) is 24.4. The number of methoxy groups -OCH3 is 1. The van der Waals surface area contributed by atoms with Crippen LogP contribution in [-0.4, -0.2) is 66.6 Å². The Balaban J connectivity index is 1.72. The van der Waals surface area contributed by atoms with Crippen LogP contribution in [0.15, 0.2) is 24.3 Å². The molecule has 1 N–H and O–H groups in total. The Morgan fingerprint density at radius 2 is 1.85 bits per heavy atom. The fraction of sp³-hybridized carbons (Fsp3) is 0.458.